The molecular weight excluding hydrogens is 356 g/mol. The van der Waals surface area contributed by atoms with E-state index in [1.54, 1.807) is 11.1 Å². The maximum atomic E-state index is 13.1. The molecule has 0 N–H and O–H groups in total. The molecule has 28 heavy (non-hydrogen) atoms. The summed E-state index contributed by atoms with van der Waals surface area (Å²) in [6.07, 6.45) is 5.22. The van der Waals surface area contributed by atoms with Gasteiger partial charge in [0.15, 0.2) is 0 Å². The fourth-order valence-electron chi connectivity index (χ4n) is 4.14. The third-order valence-electron chi connectivity index (χ3n) is 5.82. The minimum Gasteiger partial charge on any atom is -0.444 e. The van der Waals surface area contributed by atoms with Gasteiger partial charge in [-0.25, -0.2) is 4.79 Å². The van der Waals surface area contributed by atoms with Gasteiger partial charge in [-0.05, 0) is 52.4 Å². The van der Waals surface area contributed by atoms with Crippen molar-refractivity contribution in [3.8, 4) is 0 Å². The molecule has 1 aromatic rings. The van der Waals surface area contributed by atoms with Gasteiger partial charge in [0.25, 0.3) is 5.91 Å². The number of rotatable bonds is 2. The van der Waals surface area contributed by atoms with Crippen LogP contribution < -0.4 is 0 Å². The van der Waals surface area contributed by atoms with E-state index < -0.39 is 5.60 Å². The van der Waals surface area contributed by atoms with Gasteiger partial charge in [-0.1, -0.05) is 6.92 Å². The highest BCUT2D eigenvalue weighted by atomic mass is 16.6. The van der Waals surface area contributed by atoms with E-state index in [9.17, 15) is 9.59 Å². The topological polar surface area (TPSA) is 67.7 Å². The molecule has 2 saturated heterocycles. The van der Waals surface area contributed by atoms with E-state index in [0.717, 1.165) is 50.0 Å². The summed E-state index contributed by atoms with van der Waals surface area (Å²) >= 11 is 0. The molecule has 0 radical (unpaired) electrons. The van der Waals surface area contributed by atoms with Gasteiger partial charge in [0, 0.05) is 39.1 Å². The smallest absolute Gasteiger partial charge is 0.410 e. The molecule has 0 spiro atoms. The second kappa shape index (κ2) is 8.13. The number of nitrogens with zero attached hydrogens (tertiary/aromatic N) is 4. The lowest BCUT2D eigenvalue weighted by Gasteiger charge is -2.34. The molecule has 0 unspecified atom stereocenters. The van der Waals surface area contributed by atoms with Crippen LogP contribution in [-0.2, 0) is 11.8 Å². The zero-order valence-electron chi connectivity index (χ0n) is 17.9. The average Bonchev–Trinajstić information content (AvgIpc) is 3.02. The molecule has 2 aliphatic heterocycles. The first-order valence-electron chi connectivity index (χ1n) is 10.4. The van der Waals surface area contributed by atoms with Crippen molar-refractivity contribution < 1.29 is 14.3 Å². The normalized spacial score (nSPS) is 19.8. The third-order valence-corrected chi connectivity index (χ3v) is 5.82. The fourth-order valence-corrected chi connectivity index (χ4v) is 4.14. The molecule has 0 atom stereocenters. The third kappa shape index (κ3) is 4.67. The Kier molecular flexibility index (Phi) is 6.01. The van der Waals surface area contributed by atoms with E-state index in [-0.39, 0.29) is 17.9 Å². The van der Waals surface area contributed by atoms with Crippen LogP contribution in [0.15, 0.2) is 6.20 Å². The zero-order valence-corrected chi connectivity index (χ0v) is 17.9. The van der Waals surface area contributed by atoms with E-state index in [1.165, 1.54) is 0 Å². The Morgan fingerprint density at radius 1 is 1.04 bits per heavy atom. The summed E-state index contributed by atoms with van der Waals surface area (Å²) in [5.41, 5.74) is 1.25. The first kappa shape index (κ1) is 20.7. The number of amides is 2. The van der Waals surface area contributed by atoms with Crippen LogP contribution in [0.5, 0.6) is 0 Å². The van der Waals surface area contributed by atoms with Gasteiger partial charge in [0.1, 0.15) is 5.60 Å². The number of ether oxygens (including phenoxy) is 1. The molecule has 3 rings (SSSR count). The Morgan fingerprint density at radius 3 is 2.18 bits per heavy atom. The molecule has 1 aromatic heterocycles. The molecule has 0 bridgehead atoms. The van der Waals surface area contributed by atoms with E-state index in [4.69, 9.17) is 4.74 Å². The van der Waals surface area contributed by atoms with Crippen LogP contribution in [0, 0.1) is 5.92 Å². The van der Waals surface area contributed by atoms with Crippen LogP contribution in [0.4, 0.5) is 4.79 Å². The number of aromatic nitrogens is 2. The maximum absolute atomic E-state index is 13.1. The summed E-state index contributed by atoms with van der Waals surface area (Å²) in [6, 6.07) is 0. The zero-order chi connectivity index (χ0) is 20.5. The van der Waals surface area contributed by atoms with E-state index in [0.29, 0.717) is 19.0 Å². The van der Waals surface area contributed by atoms with Crippen LogP contribution >= 0.6 is 0 Å². The Balaban J connectivity index is 1.66. The highest BCUT2D eigenvalue weighted by Gasteiger charge is 2.32. The molecule has 7 heteroatoms. The second-order valence-electron chi connectivity index (χ2n) is 9.28. The Bertz CT molecular complexity index is 706. The van der Waals surface area contributed by atoms with Gasteiger partial charge in [0.2, 0.25) is 0 Å². The van der Waals surface area contributed by atoms with Crippen molar-refractivity contribution >= 4 is 12.0 Å². The predicted octanol–water partition coefficient (Wildman–Crippen LogP) is 3.41. The summed E-state index contributed by atoms with van der Waals surface area (Å²) in [7, 11) is 1.91. The lowest BCUT2D eigenvalue weighted by Crippen LogP contribution is -2.42. The average molecular weight is 391 g/mol. The lowest BCUT2D eigenvalue weighted by molar-refractivity contribution is 0.0202. The quantitative estimate of drug-likeness (QED) is 0.776. The minimum absolute atomic E-state index is 0.101. The number of likely N-dealkylation sites (tertiary alicyclic amines) is 2. The van der Waals surface area contributed by atoms with Gasteiger partial charge >= 0.3 is 6.09 Å². The van der Waals surface area contributed by atoms with Crippen molar-refractivity contribution in [3.05, 3.63) is 17.5 Å². The van der Waals surface area contributed by atoms with Crippen molar-refractivity contribution in [1.82, 2.24) is 19.6 Å². The monoisotopic (exact) mass is 390 g/mol. The summed E-state index contributed by atoms with van der Waals surface area (Å²) < 4.78 is 7.33. The molecule has 3 heterocycles. The van der Waals surface area contributed by atoms with Crippen molar-refractivity contribution in [2.75, 3.05) is 26.2 Å². The largest absolute Gasteiger partial charge is 0.444 e. The van der Waals surface area contributed by atoms with E-state index in [1.807, 2.05) is 37.4 Å². The number of hydrogen-bond acceptors (Lipinski definition) is 4. The van der Waals surface area contributed by atoms with Crippen molar-refractivity contribution in [1.29, 1.82) is 0 Å². The molecule has 2 aliphatic rings. The molecule has 7 nitrogen and oxygen atoms in total. The first-order chi connectivity index (χ1) is 13.2. The highest BCUT2D eigenvalue weighted by molar-refractivity contribution is 5.95. The lowest BCUT2D eigenvalue weighted by atomic mass is 9.90. The highest BCUT2D eigenvalue weighted by Crippen LogP contribution is 2.32. The number of carbonyl (C=O) groups excluding carboxylic acids is 2. The first-order valence-corrected chi connectivity index (χ1v) is 10.4. The molecule has 2 fully saturated rings. The van der Waals surface area contributed by atoms with Gasteiger partial charge in [-0.2, -0.15) is 5.10 Å². The van der Waals surface area contributed by atoms with Crippen LogP contribution in [-0.4, -0.2) is 63.4 Å². The van der Waals surface area contributed by atoms with Gasteiger partial charge in [0.05, 0.1) is 17.5 Å². The molecule has 0 saturated carbocycles. The number of hydrogen-bond donors (Lipinski definition) is 0. The van der Waals surface area contributed by atoms with Crippen LogP contribution in [0.3, 0.4) is 0 Å². The molecular formula is C21H34N4O3. The molecule has 2 amide bonds. The van der Waals surface area contributed by atoms with Gasteiger partial charge < -0.3 is 14.5 Å². The SMILES string of the molecule is CC1CCN(C(=O)c2cnn(C)c2C2CCN(C(=O)OC(C)(C)C)CC2)CC1. The summed E-state index contributed by atoms with van der Waals surface area (Å²) in [5.74, 6) is 1.02. The molecule has 0 aliphatic carbocycles. The minimum atomic E-state index is -0.485. The van der Waals surface area contributed by atoms with Gasteiger partial charge in [-0.15, -0.1) is 0 Å². The van der Waals surface area contributed by atoms with E-state index in [2.05, 4.69) is 12.0 Å². The van der Waals surface area contributed by atoms with Crippen LogP contribution in [0.1, 0.15) is 75.3 Å². The Hall–Kier alpha value is -2.05. The predicted molar refractivity (Wildman–Crippen MR) is 107 cm³/mol. The fraction of sp³-hybridized carbons (Fsp3) is 0.762. The molecule has 0 aromatic carbocycles. The van der Waals surface area contributed by atoms with Crippen LogP contribution in [0.2, 0.25) is 0 Å². The Labute approximate surface area is 168 Å². The maximum Gasteiger partial charge on any atom is 0.410 e. The van der Waals surface area contributed by atoms with Gasteiger partial charge in [-0.3, -0.25) is 9.48 Å². The van der Waals surface area contributed by atoms with Crippen LogP contribution in [0.25, 0.3) is 0 Å². The summed E-state index contributed by atoms with van der Waals surface area (Å²) in [5, 5.41) is 4.39. The van der Waals surface area contributed by atoms with Crippen molar-refractivity contribution in [2.45, 2.75) is 64.9 Å². The Morgan fingerprint density at radius 2 is 1.61 bits per heavy atom. The standard InChI is InChI=1S/C21H34N4O3/c1-15-6-10-24(11-7-15)19(26)17-14-22-23(5)18(17)16-8-12-25(13-9-16)20(27)28-21(2,3)4/h14-16H,6-13H2,1-5H3. The summed E-state index contributed by atoms with van der Waals surface area (Å²) in [6.45, 7) is 10.8. The number of aryl methyl sites for hydroxylation is 1. The van der Waals surface area contributed by atoms with Crippen molar-refractivity contribution in [3.63, 3.8) is 0 Å². The second-order valence-corrected chi connectivity index (χ2v) is 9.28. The number of carbonyl (C=O) groups is 2. The van der Waals surface area contributed by atoms with Crippen molar-refractivity contribution in [2.24, 2.45) is 13.0 Å². The summed E-state index contributed by atoms with van der Waals surface area (Å²) in [4.78, 5) is 29.1. The van der Waals surface area contributed by atoms with E-state index >= 15 is 0 Å². The number of piperidine rings is 2. The molecule has 156 valence electrons.